The topological polar surface area (TPSA) is 43.4 Å². The lowest BCUT2D eigenvalue weighted by molar-refractivity contribution is -0.116. The molecular formula is C11H10BrClO3. The molecule has 0 radical (unpaired) electrons. The molecule has 0 saturated carbocycles. The monoisotopic (exact) mass is 304 g/mol. The van der Waals surface area contributed by atoms with Crippen LogP contribution in [0.5, 0.6) is 0 Å². The molecule has 0 heterocycles. The van der Waals surface area contributed by atoms with E-state index in [9.17, 15) is 9.59 Å². The highest BCUT2D eigenvalue weighted by atomic mass is 79.9. The van der Waals surface area contributed by atoms with Crippen LogP contribution < -0.4 is 0 Å². The number of ether oxygens (including phenoxy) is 1. The molecule has 0 aromatic heterocycles. The maximum atomic E-state index is 11.4. The van der Waals surface area contributed by atoms with Crippen molar-refractivity contribution in [3.63, 3.8) is 0 Å². The summed E-state index contributed by atoms with van der Waals surface area (Å²) in [6, 6.07) is 5.10. The smallest absolute Gasteiger partial charge is 0.339 e. The number of esters is 1. The number of carbonyl (C=O) groups is 2. The summed E-state index contributed by atoms with van der Waals surface area (Å²) in [5.74, 6) is -0.564. The van der Waals surface area contributed by atoms with Gasteiger partial charge in [-0.3, -0.25) is 4.79 Å². The van der Waals surface area contributed by atoms with E-state index in [-0.39, 0.29) is 18.1 Å². The summed E-state index contributed by atoms with van der Waals surface area (Å²) in [6.07, 6.45) is 0.203. The first kappa shape index (κ1) is 13.2. The first-order valence-corrected chi connectivity index (χ1v) is 5.86. The van der Waals surface area contributed by atoms with Gasteiger partial charge in [-0.2, -0.15) is 0 Å². The van der Waals surface area contributed by atoms with Gasteiger partial charge in [0, 0.05) is 10.9 Å². The molecule has 1 aromatic rings. The van der Waals surface area contributed by atoms with E-state index in [1.54, 1.807) is 18.2 Å². The molecule has 0 atom stereocenters. The van der Waals surface area contributed by atoms with Crippen molar-refractivity contribution >= 4 is 39.3 Å². The SMILES string of the molecule is COC(=O)c1cccc(CC(=O)CCl)c1Br. The van der Waals surface area contributed by atoms with E-state index in [4.69, 9.17) is 11.6 Å². The minimum atomic E-state index is -0.438. The number of rotatable bonds is 4. The van der Waals surface area contributed by atoms with E-state index in [0.29, 0.717) is 10.0 Å². The minimum Gasteiger partial charge on any atom is -0.465 e. The van der Waals surface area contributed by atoms with E-state index in [0.717, 1.165) is 5.56 Å². The lowest BCUT2D eigenvalue weighted by Crippen LogP contribution is -2.08. The van der Waals surface area contributed by atoms with Gasteiger partial charge in [-0.1, -0.05) is 12.1 Å². The average molecular weight is 306 g/mol. The maximum Gasteiger partial charge on any atom is 0.339 e. The van der Waals surface area contributed by atoms with Gasteiger partial charge in [0.2, 0.25) is 0 Å². The second-order valence-electron chi connectivity index (χ2n) is 3.12. The number of carbonyl (C=O) groups excluding carboxylic acids is 2. The summed E-state index contributed by atoms with van der Waals surface area (Å²) in [6.45, 7) is 0. The summed E-state index contributed by atoms with van der Waals surface area (Å²) in [5.41, 5.74) is 1.14. The van der Waals surface area contributed by atoms with Gasteiger partial charge in [0.15, 0.2) is 5.78 Å². The van der Waals surface area contributed by atoms with Gasteiger partial charge in [-0.15, -0.1) is 11.6 Å². The van der Waals surface area contributed by atoms with Crippen molar-refractivity contribution in [2.75, 3.05) is 13.0 Å². The summed E-state index contributed by atoms with van der Waals surface area (Å²) >= 11 is 8.71. The van der Waals surface area contributed by atoms with Gasteiger partial charge in [0.25, 0.3) is 0 Å². The number of hydrogen-bond acceptors (Lipinski definition) is 3. The number of alkyl halides is 1. The first-order chi connectivity index (χ1) is 7.60. The van der Waals surface area contributed by atoms with E-state index in [1.807, 2.05) is 0 Å². The fraction of sp³-hybridized carbons (Fsp3) is 0.273. The summed E-state index contributed by atoms with van der Waals surface area (Å²) in [4.78, 5) is 22.6. The Morgan fingerprint density at radius 3 is 2.69 bits per heavy atom. The van der Waals surface area contributed by atoms with E-state index in [2.05, 4.69) is 20.7 Å². The Morgan fingerprint density at radius 2 is 2.12 bits per heavy atom. The molecule has 0 aliphatic heterocycles. The molecule has 16 heavy (non-hydrogen) atoms. The lowest BCUT2D eigenvalue weighted by Gasteiger charge is -2.07. The molecule has 0 aliphatic rings. The summed E-state index contributed by atoms with van der Waals surface area (Å²) in [5, 5.41) is 0. The molecule has 1 aromatic carbocycles. The van der Waals surface area contributed by atoms with Crippen LogP contribution in [-0.4, -0.2) is 24.7 Å². The molecule has 0 aliphatic carbocycles. The highest BCUT2D eigenvalue weighted by Crippen LogP contribution is 2.23. The van der Waals surface area contributed by atoms with Gasteiger partial charge in [-0.25, -0.2) is 4.79 Å². The van der Waals surface area contributed by atoms with Crippen LogP contribution in [0.3, 0.4) is 0 Å². The van der Waals surface area contributed by atoms with E-state index < -0.39 is 5.97 Å². The van der Waals surface area contributed by atoms with Crippen molar-refractivity contribution in [3.8, 4) is 0 Å². The van der Waals surface area contributed by atoms with Crippen molar-refractivity contribution < 1.29 is 14.3 Å². The lowest BCUT2D eigenvalue weighted by atomic mass is 10.1. The van der Waals surface area contributed by atoms with Crippen LogP contribution in [0, 0.1) is 0 Å². The van der Waals surface area contributed by atoms with Gasteiger partial charge in [0.05, 0.1) is 18.6 Å². The van der Waals surface area contributed by atoms with Crippen LogP contribution in [0.25, 0.3) is 0 Å². The Hall–Kier alpha value is -0.870. The third-order valence-electron chi connectivity index (χ3n) is 2.02. The second kappa shape index (κ2) is 6.01. The number of methoxy groups -OCH3 is 1. The fourth-order valence-corrected chi connectivity index (χ4v) is 1.90. The van der Waals surface area contributed by atoms with E-state index in [1.165, 1.54) is 7.11 Å². The highest BCUT2D eigenvalue weighted by Gasteiger charge is 2.14. The summed E-state index contributed by atoms with van der Waals surface area (Å²) < 4.78 is 5.21. The molecule has 0 amide bonds. The zero-order valence-electron chi connectivity index (χ0n) is 8.63. The predicted octanol–water partition coefficient (Wildman–Crippen LogP) is 2.59. The largest absolute Gasteiger partial charge is 0.465 e. The maximum absolute atomic E-state index is 11.4. The summed E-state index contributed by atoms with van der Waals surface area (Å²) in [7, 11) is 1.31. The molecule has 5 heteroatoms. The normalized spacial score (nSPS) is 9.94. The molecular weight excluding hydrogens is 295 g/mol. The molecule has 86 valence electrons. The number of ketones is 1. The number of Topliss-reactive ketones (excluding diaryl/α,β-unsaturated/α-hetero) is 1. The van der Waals surface area contributed by atoms with Crippen molar-refractivity contribution in [1.29, 1.82) is 0 Å². The average Bonchev–Trinajstić information content (AvgIpc) is 2.30. The van der Waals surface area contributed by atoms with Crippen molar-refractivity contribution in [1.82, 2.24) is 0 Å². The Labute approximate surface area is 107 Å². The van der Waals surface area contributed by atoms with Crippen LogP contribution in [0.2, 0.25) is 0 Å². The Balaban J connectivity index is 3.04. The Kier molecular flexibility index (Phi) is 4.96. The highest BCUT2D eigenvalue weighted by molar-refractivity contribution is 9.10. The van der Waals surface area contributed by atoms with Crippen molar-refractivity contribution in [2.24, 2.45) is 0 Å². The number of benzene rings is 1. The minimum absolute atomic E-state index is 0.0328. The standard InChI is InChI=1S/C11H10BrClO3/c1-16-11(15)9-4-2-3-7(10(9)12)5-8(14)6-13/h2-4H,5-6H2,1H3. The van der Waals surface area contributed by atoms with Gasteiger partial charge in [0.1, 0.15) is 0 Å². The predicted molar refractivity (Wildman–Crippen MR) is 64.9 cm³/mol. The van der Waals surface area contributed by atoms with Crippen molar-refractivity contribution in [3.05, 3.63) is 33.8 Å². The van der Waals surface area contributed by atoms with Crippen molar-refractivity contribution in [2.45, 2.75) is 6.42 Å². The van der Waals surface area contributed by atoms with Gasteiger partial charge >= 0.3 is 5.97 Å². The molecule has 0 unspecified atom stereocenters. The molecule has 0 saturated heterocycles. The Morgan fingerprint density at radius 1 is 1.44 bits per heavy atom. The fourth-order valence-electron chi connectivity index (χ4n) is 1.24. The molecule has 1 rings (SSSR count). The zero-order valence-corrected chi connectivity index (χ0v) is 11.0. The third-order valence-corrected chi connectivity index (χ3v) is 3.26. The van der Waals surface area contributed by atoms with Crippen LogP contribution in [0.1, 0.15) is 15.9 Å². The molecule has 0 spiro atoms. The molecule has 0 N–H and O–H groups in total. The zero-order chi connectivity index (χ0) is 12.1. The third kappa shape index (κ3) is 3.06. The van der Waals surface area contributed by atoms with Crippen LogP contribution in [0.15, 0.2) is 22.7 Å². The van der Waals surface area contributed by atoms with Crippen LogP contribution in [0.4, 0.5) is 0 Å². The molecule has 0 bridgehead atoms. The quantitative estimate of drug-likeness (QED) is 0.634. The molecule has 0 fully saturated rings. The number of halogens is 2. The van der Waals surface area contributed by atoms with E-state index >= 15 is 0 Å². The number of hydrogen-bond donors (Lipinski definition) is 0. The Bertz CT molecular complexity index is 418. The van der Waals surface area contributed by atoms with Crippen LogP contribution >= 0.6 is 27.5 Å². The van der Waals surface area contributed by atoms with Crippen LogP contribution in [-0.2, 0) is 16.0 Å². The molecule has 3 nitrogen and oxygen atoms in total. The second-order valence-corrected chi connectivity index (χ2v) is 4.18. The van der Waals surface area contributed by atoms with Gasteiger partial charge < -0.3 is 4.74 Å². The van der Waals surface area contributed by atoms with Gasteiger partial charge in [-0.05, 0) is 27.6 Å². The first-order valence-electron chi connectivity index (χ1n) is 4.53.